The molecule has 1 fully saturated rings. The maximum atomic E-state index is 14.6. The Bertz CT molecular complexity index is 1210. The molecule has 2 aliphatic rings. The second-order valence-electron chi connectivity index (χ2n) is 9.50. The molecular weight excluding hydrogens is 437 g/mol. The van der Waals surface area contributed by atoms with E-state index in [1.807, 2.05) is 17.6 Å². The number of aryl methyl sites for hydroxylation is 1. The molecule has 33 heavy (non-hydrogen) atoms. The Hall–Kier alpha value is -2.67. The summed E-state index contributed by atoms with van der Waals surface area (Å²) in [7, 11) is 0. The largest absolute Gasteiger partial charge is 0.351 e. The van der Waals surface area contributed by atoms with E-state index in [2.05, 4.69) is 18.3 Å². The van der Waals surface area contributed by atoms with Crippen LogP contribution in [0.2, 0.25) is 0 Å². The normalized spacial score (nSPS) is 21.4. The fraction of sp³-hybridized carbons (Fsp3) is 0.462. The number of carbonyl (C=O) groups is 2. The van der Waals surface area contributed by atoms with E-state index in [0.29, 0.717) is 17.8 Å². The summed E-state index contributed by atoms with van der Waals surface area (Å²) < 4.78 is 17.6. The molecule has 1 atom stereocenters. The average Bonchev–Trinajstić information content (AvgIpc) is 3.37. The van der Waals surface area contributed by atoms with Crippen molar-refractivity contribution in [2.75, 3.05) is 0 Å². The summed E-state index contributed by atoms with van der Waals surface area (Å²) in [4.78, 5) is 30.3. The van der Waals surface area contributed by atoms with Crippen molar-refractivity contribution in [1.82, 2.24) is 14.8 Å². The van der Waals surface area contributed by atoms with Crippen LogP contribution < -0.4 is 5.32 Å². The number of carbonyl (C=O) groups excluding carboxylic acids is 2. The van der Waals surface area contributed by atoms with Crippen molar-refractivity contribution in [2.24, 2.45) is 0 Å². The lowest BCUT2D eigenvalue weighted by molar-refractivity contribution is -0.134. The third-order valence-corrected chi connectivity index (χ3v) is 8.45. The minimum Gasteiger partial charge on any atom is -0.351 e. The number of aromatic nitrogens is 1. The Labute approximate surface area is 197 Å². The Kier molecular flexibility index (Phi) is 5.77. The van der Waals surface area contributed by atoms with Crippen molar-refractivity contribution in [2.45, 2.75) is 77.0 Å². The van der Waals surface area contributed by atoms with Crippen molar-refractivity contribution in [3.8, 4) is 0 Å². The molecule has 1 aliphatic carbocycles. The molecule has 7 heteroatoms. The molecule has 0 bridgehead atoms. The summed E-state index contributed by atoms with van der Waals surface area (Å²) in [5.41, 5.74) is 0.864. The van der Waals surface area contributed by atoms with Crippen LogP contribution in [0.25, 0.3) is 10.2 Å². The summed E-state index contributed by atoms with van der Waals surface area (Å²) in [6.45, 7) is 4.35. The molecule has 174 valence electrons. The zero-order valence-corrected chi connectivity index (χ0v) is 20.0. The van der Waals surface area contributed by atoms with Gasteiger partial charge in [0.1, 0.15) is 17.1 Å². The van der Waals surface area contributed by atoms with E-state index in [4.69, 9.17) is 0 Å². The van der Waals surface area contributed by atoms with Crippen LogP contribution >= 0.6 is 11.3 Å². The molecule has 1 N–H and O–H groups in total. The molecule has 3 aromatic rings. The first-order valence-electron chi connectivity index (χ1n) is 11.9. The van der Waals surface area contributed by atoms with Gasteiger partial charge in [0, 0.05) is 16.5 Å². The lowest BCUT2D eigenvalue weighted by atomic mass is 9.91. The summed E-state index contributed by atoms with van der Waals surface area (Å²) in [6, 6.07) is 10.7. The van der Waals surface area contributed by atoms with Crippen LogP contribution in [0.1, 0.15) is 66.9 Å². The first-order valence-corrected chi connectivity index (χ1v) is 12.7. The number of benzene rings is 1. The van der Waals surface area contributed by atoms with Crippen LogP contribution in [0.4, 0.5) is 4.39 Å². The molecule has 2 aromatic heterocycles. The molecule has 3 heterocycles. The van der Waals surface area contributed by atoms with Gasteiger partial charge >= 0.3 is 0 Å². The molecule has 0 saturated heterocycles. The van der Waals surface area contributed by atoms with Crippen molar-refractivity contribution >= 4 is 33.4 Å². The maximum absolute atomic E-state index is 14.6. The van der Waals surface area contributed by atoms with Gasteiger partial charge in [-0.25, -0.2) is 4.39 Å². The third-order valence-electron chi connectivity index (χ3n) is 7.23. The summed E-state index contributed by atoms with van der Waals surface area (Å²) in [5.74, 6) is -0.750. The molecule has 5 nitrogen and oxygen atoms in total. The highest BCUT2D eigenvalue weighted by atomic mass is 32.1. The van der Waals surface area contributed by atoms with E-state index < -0.39 is 5.54 Å². The summed E-state index contributed by atoms with van der Waals surface area (Å²) >= 11 is 1.69. The van der Waals surface area contributed by atoms with Gasteiger partial charge in [0.2, 0.25) is 5.91 Å². The monoisotopic (exact) mass is 467 g/mol. The number of hydrogen-bond acceptors (Lipinski definition) is 3. The van der Waals surface area contributed by atoms with Crippen LogP contribution in [-0.2, 0) is 24.3 Å². The quantitative estimate of drug-likeness (QED) is 0.556. The zero-order valence-electron chi connectivity index (χ0n) is 19.2. The number of nitrogens with one attached hydrogen (secondary N) is 1. The minimum absolute atomic E-state index is 0.0547. The number of rotatable bonds is 5. The van der Waals surface area contributed by atoms with Crippen LogP contribution in [0.3, 0.4) is 0 Å². The van der Waals surface area contributed by atoms with Gasteiger partial charge in [-0.05, 0) is 44.4 Å². The number of fused-ring (bicyclic) bond motifs is 3. The van der Waals surface area contributed by atoms with E-state index in [1.54, 1.807) is 34.4 Å². The molecule has 1 aromatic carbocycles. The van der Waals surface area contributed by atoms with E-state index in [1.165, 1.54) is 17.4 Å². The Morgan fingerprint density at radius 1 is 1.21 bits per heavy atom. The number of amides is 2. The molecular formula is C26H30FN3O2S. The molecule has 1 saturated carbocycles. The van der Waals surface area contributed by atoms with E-state index in [0.717, 1.165) is 42.3 Å². The molecule has 1 aliphatic heterocycles. The van der Waals surface area contributed by atoms with Gasteiger partial charge in [0.05, 0.1) is 23.3 Å². The second-order valence-corrected chi connectivity index (χ2v) is 10.7. The first-order chi connectivity index (χ1) is 15.9. The number of halogens is 1. The Morgan fingerprint density at radius 2 is 1.97 bits per heavy atom. The topological polar surface area (TPSA) is 54.3 Å². The Morgan fingerprint density at radius 3 is 2.70 bits per heavy atom. The fourth-order valence-electron chi connectivity index (χ4n) is 5.20. The molecule has 0 radical (unpaired) electrons. The van der Waals surface area contributed by atoms with Gasteiger partial charge in [-0.15, -0.1) is 11.3 Å². The highest BCUT2D eigenvalue weighted by molar-refractivity contribution is 7.19. The van der Waals surface area contributed by atoms with Crippen LogP contribution in [0.15, 0.2) is 36.4 Å². The number of thiophene rings is 1. The molecule has 5 rings (SSSR count). The minimum atomic E-state index is -1.12. The van der Waals surface area contributed by atoms with E-state index >= 15 is 0 Å². The SMILES string of the molecule is CCc1cc2c(cc3n2C[C@](C)(C(=O)NC2CCCCC2)N(Cc2ccccc2F)C3=O)s1. The van der Waals surface area contributed by atoms with E-state index in [-0.39, 0.29) is 30.2 Å². The first kappa shape index (κ1) is 22.1. The fourth-order valence-corrected chi connectivity index (χ4v) is 6.24. The lowest BCUT2D eigenvalue weighted by Crippen LogP contribution is -2.64. The van der Waals surface area contributed by atoms with Gasteiger partial charge < -0.3 is 14.8 Å². The number of hydrogen-bond donors (Lipinski definition) is 1. The predicted octanol–water partition coefficient (Wildman–Crippen LogP) is 5.27. The van der Waals surface area contributed by atoms with Gasteiger partial charge in [-0.3, -0.25) is 9.59 Å². The maximum Gasteiger partial charge on any atom is 0.271 e. The van der Waals surface area contributed by atoms with E-state index in [9.17, 15) is 14.0 Å². The Balaban J connectivity index is 1.55. The van der Waals surface area contributed by atoms with Crippen molar-refractivity contribution in [1.29, 1.82) is 0 Å². The van der Waals surface area contributed by atoms with Gasteiger partial charge in [-0.1, -0.05) is 44.4 Å². The van der Waals surface area contributed by atoms with Crippen molar-refractivity contribution < 1.29 is 14.0 Å². The van der Waals surface area contributed by atoms with Crippen molar-refractivity contribution in [3.05, 3.63) is 58.3 Å². The highest BCUT2D eigenvalue weighted by Crippen LogP contribution is 2.37. The van der Waals surface area contributed by atoms with Crippen LogP contribution in [-0.4, -0.2) is 32.9 Å². The average molecular weight is 468 g/mol. The van der Waals surface area contributed by atoms with Gasteiger partial charge in [0.25, 0.3) is 5.91 Å². The molecule has 0 unspecified atom stereocenters. The third kappa shape index (κ3) is 3.86. The second kappa shape index (κ2) is 8.60. The lowest BCUT2D eigenvalue weighted by Gasteiger charge is -2.45. The highest BCUT2D eigenvalue weighted by Gasteiger charge is 2.48. The van der Waals surface area contributed by atoms with Crippen LogP contribution in [0, 0.1) is 5.82 Å². The van der Waals surface area contributed by atoms with Crippen LogP contribution in [0.5, 0.6) is 0 Å². The van der Waals surface area contributed by atoms with Crippen molar-refractivity contribution in [3.63, 3.8) is 0 Å². The molecule has 0 spiro atoms. The smallest absolute Gasteiger partial charge is 0.271 e. The molecule has 2 amide bonds. The zero-order chi connectivity index (χ0) is 23.2. The van der Waals surface area contributed by atoms with Gasteiger partial charge in [0.15, 0.2) is 0 Å². The van der Waals surface area contributed by atoms with Gasteiger partial charge in [-0.2, -0.15) is 0 Å². The summed E-state index contributed by atoms with van der Waals surface area (Å²) in [6.07, 6.45) is 6.28. The number of nitrogens with zero attached hydrogens (tertiary/aromatic N) is 2. The standard InChI is InChI=1S/C26H30FN3O2S/c1-3-19-13-21-23(33-19)14-22-24(31)30(15-17-9-7-8-12-20(17)27)26(2,16-29(21)22)25(32)28-18-10-5-4-6-11-18/h7-9,12-14,18H,3-6,10-11,15-16H2,1-2H3,(H,28,32)/t26-/m1/s1. The summed E-state index contributed by atoms with van der Waals surface area (Å²) in [5, 5.41) is 3.23. The predicted molar refractivity (Wildman–Crippen MR) is 129 cm³/mol.